The lowest BCUT2D eigenvalue weighted by Crippen LogP contribution is -2.52. The van der Waals surface area contributed by atoms with Gasteiger partial charge < -0.3 is 14.6 Å². The van der Waals surface area contributed by atoms with E-state index in [2.05, 4.69) is 30.3 Å². The lowest BCUT2D eigenvalue weighted by Gasteiger charge is -2.43. The summed E-state index contributed by atoms with van der Waals surface area (Å²) in [6.45, 7) is 4.49. The third-order valence-electron chi connectivity index (χ3n) is 11.0. The Morgan fingerprint density at radius 1 is 0.964 bits per heavy atom. The molecule has 2 unspecified atom stereocenters. The predicted molar refractivity (Wildman–Crippen MR) is 203 cm³/mol. The number of nitrogens with zero attached hydrogens (tertiary/aromatic N) is 7. The van der Waals surface area contributed by atoms with Crippen LogP contribution in [0.2, 0.25) is 5.02 Å². The number of imidazole rings is 1. The number of anilines is 2. The molecule has 3 aliphatic rings. The molecule has 0 saturated carbocycles. The maximum absolute atomic E-state index is 14.6. The van der Waals surface area contributed by atoms with Crippen LogP contribution in [0.1, 0.15) is 49.3 Å². The molecule has 0 spiro atoms. The molecule has 3 aromatic heterocycles. The van der Waals surface area contributed by atoms with E-state index in [9.17, 15) is 22.8 Å². The van der Waals surface area contributed by atoms with Crippen molar-refractivity contribution in [3.8, 4) is 22.9 Å². The Labute approximate surface area is 320 Å². The van der Waals surface area contributed by atoms with Gasteiger partial charge in [-0.25, -0.2) is 14.8 Å². The number of carbonyl (C=O) groups is 2. The number of likely N-dealkylation sites (tertiary alicyclic amines) is 1. The number of halogens is 4. The van der Waals surface area contributed by atoms with Crippen LogP contribution in [0.5, 0.6) is 11.5 Å². The zero-order chi connectivity index (χ0) is 38.4. The third kappa shape index (κ3) is 7.72. The van der Waals surface area contributed by atoms with Crippen molar-refractivity contribution < 1.29 is 27.5 Å². The molecule has 288 valence electrons. The van der Waals surface area contributed by atoms with Gasteiger partial charge in [0.25, 0.3) is 0 Å². The number of nitrogens with one attached hydrogen (secondary N) is 2. The van der Waals surface area contributed by atoms with E-state index in [1.807, 2.05) is 56.6 Å². The lowest BCUT2D eigenvalue weighted by atomic mass is 9.84. The maximum atomic E-state index is 14.6. The Balaban J connectivity index is 0.880. The van der Waals surface area contributed by atoms with Gasteiger partial charge >= 0.3 is 12.2 Å². The number of rotatable bonds is 8. The number of aryl methyl sites for hydroxylation is 2. The average Bonchev–Trinajstić information content (AvgIpc) is 3.75. The number of aromatic amines is 1. The molecule has 6 heterocycles. The number of aromatic nitrogens is 5. The van der Waals surface area contributed by atoms with Crippen LogP contribution in [-0.4, -0.2) is 86.5 Å². The number of fused-ring (bicyclic) bond motifs is 1. The Morgan fingerprint density at radius 2 is 1.69 bits per heavy atom. The average molecular weight is 776 g/mol. The fourth-order valence-corrected chi connectivity index (χ4v) is 8.31. The summed E-state index contributed by atoms with van der Waals surface area (Å²) in [7, 11) is 1.83. The number of ether oxygens (including phenoxy) is 1. The van der Waals surface area contributed by atoms with Crippen LogP contribution in [0.3, 0.4) is 0 Å². The maximum Gasteiger partial charge on any atom is 0.404 e. The summed E-state index contributed by atoms with van der Waals surface area (Å²) in [5.74, 6) is 1.07. The van der Waals surface area contributed by atoms with Gasteiger partial charge in [0.1, 0.15) is 28.2 Å². The second kappa shape index (κ2) is 14.8. The van der Waals surface area contributed by atoms with Gasteiger partial charge in [-0.1, -0.05) is 23.7 Å². The summed E-state index contributed by atoms with van der Waals surface area (Å²) in [5.41, 5.74) is 5.15. The van der Waals surface area contributed by atoms with Crippen molar-refractivity contribution >= 4 is 46.1 Å². The Morgan fingerprint density at radius 3 is 2.36 bits per heavy atom. The van der Waals surface area contributed by atoms with Crippen LogP contribution in [0.4, 0.5) is 29.3 Å². The first kappa shape index (κ1) is 36.8. The number of imide groups is 1. The number of benzene rings is 2. The van der Waals surface area contributed by atoms with E-state index in [1.54, 1.807) is 26.6 Å². The van der Waals surface area contributed by atoms with Gasteiger partial charge in [0.15, 0.2) is 11.4 Å². The molecule has 16 heteroatoms. The number of hydrogen-bond acceptors (Lipinski definition) is 8. The first-order valence-electron chi connectivity index (χ1n) is 18.5. The topological polar surface area (TPSA) is 125 Å². The number of urea groups is 1. The van der Waals surface area contributed by atoms with Crippen LogP contribution >= 0.6 is 11.6 Å². The fraction of sp³-hybridized carbons (Fsp3) is 0.410. The smallest absolute Gasteiger partial charge is 0.404 e. The highest BCUT2D eigenvalue weighted by atomic mass is 35.5. The summed E-state index contributed by atoms with van der Waals surface area (Å²) in [6, 6.07) is 12.9. The lowest BCUT2D eigenvalue weighted by molar-refractivity contribution is -0.194. The molecule has 0 bridgehead atoms. The molecule has 55 heavy (non-hydrogen) atoms. The van der Waals surface area contributed by atoms with E-state index < -0.39 is 18.2 Å². The van der Waals surface area contributed by atoms with E-state index in [0.717, 1.165) is 48.4 Å². The predicted octanol–water partition coefficient (Wildman–Crippen LogP) is 7.59. The Kier molecular flexibility index (Phi) is 9.92. The molecular formula is C39H41ClF3N9O3. The minimum Gasteiger partial charge on any atom is -0.453 e. The SMILES string of the molecule is Cc1nn(C)cc1-c1nc2ncc(Cl)c(Oc3ccc(C4CCN(CC5CCN(c6ccc(N7CCC(=O)NC7=O)cc6)CC5)C(C(F)(F)F)C4)cc3)c2[nH]1. The van der Waals surface area contributed by atoms with Gasteiger partial charge in [0.2, 0.25) is 5.91 Å². The normalized spacial score (nSPS) is 20.3. The second-order valence-electron chi connectivity index (χ2n) is 14.7. The minimum absolute atomic E-state index is 0.000412. The zero-order valence-electron chi connectivity index (χ0n) is 30.4. The quantitative estimate of drug-likeness (QED) is 0.165. The molecule has 0 radical (unpaired) electrons. The molecule has 3 amide bonds. The molecule has 3 saturated heterocycles. The Hall–Kier alpha value is -5.15. The molecule has 3 aliphatic heterocycles. The van der Waals surface area contributed by atoms with E-state index in [0.29, 0.717) is 65.3 Å². The number of pyridine rings is 1. The van der Waals surface area contributed by atoms with Crippen molar-refractivity contribution in [3.63, 3.8) is 0 Å². The van der Waals surface area contributed by atoms with Crippen LogP contribution < -0.4 is 19.9 Å². The monoisotopic (exact) mass is 775 g/mol. The van der Waals surface area contributed by atoms with Gasteiger partial charge in [-0.3, -0.25) is 24.6 Å². The molecule has 2 atom stereocenters. The summed E-state index contributed by atoms with van der Waals surface area (Å²) in [6.07, 6.45) is 1.47. The van der Waals surface area contributed by atoms with Gasteiger partial charge in [-0.15, -0.1) is 0 Å². The van der Waals surface area contributed by atoms with Crippen molar-refractivity contribution in [1.29, 1.82) is 0 Å². The fourth-order valence-electron chi connectivity index (χ4n) is 8.13. The number of piperidine rings is 2. The van der Waals surface area contributed by atoms with Crippen molar-refractivity contribution in [1.82, 2.24) is 34.9 Å². The number of hydrogen-bond donors (Lipinski definition) is 2. The van der Waals surface area contributed by atoms with E-state index >= 15 is 0 Å². The molecule has 12 nitrogen and oxygen atoms in total. The summed E-state index contributed by atoms with van der Waals surface area (Å²) in [5, 5.41) is 7.01. The minimum atomic E-state index is -4.34. The second-order valence-corrected chi connectivity index (χ2v) is 15.1. The molecule has 5 aromatic rings. The highest BCUT2D eigenvalue weighted by molar-refractivity contribution is 6.32. The molecule has 8 rings (SSSR count). The van der Waals surface area contributed by atoms with Gasteiger partial charge in [-0.2, -0.15) is 18.3 Å². The van der Waals surface area contributed by atoms with Gasteiger partial charge in [0.05, 0.1) is 17.5 Å². The highest BCUT2D eigenvalue weighted by Crippen LogP contribution is 2.41. The third-order valence-corrected chi connectivity index (χ3v) is 11.3. The number of amides is 3. The van der Waals surface area contributed by atoms with Crippen LogP contribution in [0.15, 0.2) is 60.9 Å². The largest absolute Gasteiger partial charge is 0.453 e. The van der Waals surface area contributed by atoms with Crippen molar-refractivity contribution in [2.24, 2.45) is 13.0 Å². The van der Waals surface area contributed by atoms with Gasteiger partial charge in [-0.05, 0) is 92.9 Å². The Bertz CT molecular complexity index is 2200. The summed E-state index contributed by atoms with van der Waals surface area (Å²) in [4.78, 5) is 41.4. The first-order valence-corrected chi connectivity index (χ1v) is 18.9. The van der Waals surface area contributed by atoms with Crippen molar-refractivity contribution in [2.45, 2.75) is 57.2 Å². The molecule has 0 aliphatic carbocycles. The number of alkyl halides is 3. The first-order chi connectivity index (χ1) is 26.4. The highest BCUT2D eigenvalue weighted by Gasteiger charge is 2.47. The van der Waals surface area contributed by atoms with E-state index in [4.69, 9.17) is 16.3 Å². The standard InChI is InChI=1S/C39H41ClF3N9O3/c1-23-30(22-49(2)48-23)36-46-34-35(31(40)20-44-37(34)47-36)55-29-9-3-25(4-10-29)26-13-17-51(32(19-26)39(41,42)43)21-24-11-15-50(16-12-24)27-5-7-28(8-6-27)52-18-14-33(53)45-38(52)54/h3-10,20,22,24,26,32H,11-19,21H2,1-2H3,(H,44,46,47)(H,45,53,54). The van der Waals surface area contributed by atoms with E-state index in [1.165, 1.54) is 6.20 Å². The molecule has 2 N–H and O–H groups in total. The van der Waals surface area contributed by atoms with Crippen LogP contribution in [0.25, 0.3) is 22.6 Å². The van der Waals surface area contributed by atoms with Crippen molar-refractivity contribution in [2.75, 3.05) is 42.5 Å². The van der Waals surface area contributed by atoms with Crippen LogP contribution in [0, 0.1) is 12.8 Å². The molecule has 2 aromatic carbocycles. The van der Waals surface area contributed by atoms with Gasteiger partial charge in [0, 0.05) is 57.2 Å². The molecular weight excluding hydrogens is 735 g/mol. The summed E-state index contributed by atoms with van der Waals surface area (Å²) >= 11 is 6.53. The summed E-state index contributed by atoms with van der Waals surface area (Å²) < 4.78 is 51.7. The molecule has 3 fully saturated rings. The number of carbonyl (C=O) groups excluding carboxylic acids is 2. The zero-order valence-corrected chi connectivity index (χ0v) is 31.2. The number of H-pyrrole nitrogens is 1. The van der Waals surface area contributed by atoms with Crippen LogP contribution in [-0.2, 0) is 11.8 Å². The van der Waals surface area contributed by atoms with E-state index in [-0.39, 0.29) is 30.6 Å². The van der Waals surface area contributed by atoms with Crippen molar-refractivity contribution in [3.05, 3.63) is 77.2 Å².